The molecule has 0 unspecified atom stereocenters. The van der Waals surface area contributed by atoms with Gasteiger partial charge in [0.15, 0.2) is 18.1 Å². The van der Waals surface area contributed by atoms with Crippen LogP contribution in [0.15, 0.2) is 75.0 Å². The molecule has 0 aliphatic heterocycles. The Kier molecular flexibility index (Phi) is 9.06. The van der Waals surface area contributed by atoms with Gasteiger partial charge in [-0.3, -0.25) is 9.59 Å². The summed E-state index contributed by atoms with van der Waals surface area (Å²) in [6.07, 6.45) is 1.60. The van der Waals surface area contributed by atoms with E-state index in [0.29, 0.717) is 46.1 Å². The largest absolute Gasteiger partial charge is 0.490 e. The number of ether oxygens (including phenoxy) is 2. The summed E-state index contributed by atoms with van der Waals surface area (Å²) in [6, 6.07) is 18.2. The fourth-order valence-corrected chi connectivity index (χ4v) is 4.93. The molecule has 0 bridgehead atoms. The summed E-state index contributed by atoms with van der Waals surface area (Å²) in [5.41, 5.74) is 1.32. The second-order valence-electron chi connectivity index (χ2n) is 9.67. The number of hydrogen-bond acceptors (Lipinski definition) is 6. The Morgan fingerprint density at radius 1 is 1.13 bits per heavy atom. The first-order valence-electron chi connectivity index (χ1n) is 12.3. The molecule has 3 aromatic carbocycles. The van der Waals surface area contributed by atoms with Crippen LogP contribution in [0.5, 0.6) is 11.5 Å². The summed E-state index contributed by atoms with van der Waals surface area (Å²) in [5.74, 6) is 1.20. The van der Waals surface area contributed by atoms with E-state index in [1.165, 1.54) is 4.68 Å². The molecule has 0 aliphatic carbocycles. The van der Waals surface area contributed by atoms with E-state index in [1.807, 2.05) is 76.2 Å². The Morgan fingerprint density at radius 3 is 2.56 bits per heavy atom. The van der Waals surface area contributed by atoms with Gasteiger partial charge >= 0.3 is 0 Å². The van der Waals surface area contributed by atoms with E-state index in [0.717, 1.165) is 8.04 Å². The number of hydrogen-bond donors (Lipinski definition) is 1. The number of carbonyl (C=O) groups is 1. The van der Waals surface area contributed by atoms with Gasteiger partial charge in [-0.05, 0) is 77.5 Å². The topological polar surface area (TPSA) is 94.8 Å². The number of amides is 1. The maximum absolute atomic E-state index is 13.4. The molecule has 1 heterocycles. The van der Waals surface area contributed by atoms with Crippen LogP contribution in [0.3, 0.4) is 0 Å². The van der Waals surface area contributed by atoms with Crippen LogP contribution in [0.1, 0.15) is 39.1 Å². The Bertz CT molecular complexity index is 1600. The number of aromatic nitrogens is 2. The normalized spacial score (nSPS) is 11.6. The maximum atomic E-state index is 13.4. The maximum Gasteiger partial charge on any atom is 0.282 e. The summed E-state index contributed by atoms with van der Waals surface area (Å²) < 4.78 is 14.5. The third-order valence-corrected chi connectivity index (χ3v) is 6.83. The number of carbonyl (C=O) groups excluding carboxylic acids is 1. The van der Waals surface area contributed by atoms with E-state index in [-0.39, 0.29) is 18.1 Å². The fourth-order valence-electron chi connectivity index (χ4n) is 3.79. The minimum Gasteiger partial charge on any atom is -0.490 e. The van der Waals surface area contributed by atoms with Crippen molar-refractivity contribution in [1.82, 2.24) is 9.66 Å². The molecule has 10 heteroatoms. The molecular formula is C29H28BrIN4O4. The number of fused-ring (bicyclic) bond motifs is 1. The first-order chi connectivity index (χ1) is 18.6. The molecule has 202 valence electrons. The van der Waals surface area contributed by atoms with Crippen LogP contribution in [-0.2, 0) is 10.2 Å². The van der Waals surface area contributed by atoms with Crippen molar-refractivity contribution in [2.75, 3.05) is 18.5 Å². The van der Waals surface area contributed by atoms with Gasteiger partial charge in [-0.15, -0.1) is 0 Å². The molecule has 4 rings (SSSR count). The van der Waals surface area contributed by atoms with Crippen LogP contribution < -0.4 is 20.3 Å². The van der Waals surface area contributed by atoms with Crippen LogP contribution in [0.25, 0.3) is 10.9 Å². The number of anilines is 1. The molecule has 0 fully saturated rings. The number of para-hydroxylation sites is 1. The van der Waals surface area contributed by atoms with E-state index in [9.17, 15) is 9.59 Å². The molecule has 1 aromatic heterocycles. The molecular weight excluding hydrogens is 675 g/mol. The van der Waals surface area contributed by atoms with Gasteiger partial charge < -0.3 is 14.8 Å². The second kappa shape index (κ2) is 12.3. The van der Waals surface area contributed by atoms with E-state index in [2.05, 4.69) is 48.9 Å². The second-order valence-corrected chi connectivity index (χ2v) is 11.8. The zero-order valence-electron chi connectivity index (χ0n) is 22.0. The Balaban J connectivity index is 1.65. The zero-order valence-corrected chi connectivity index (χ0v) is 25.7. The highest BCUT2D eigenvalue weighted by molar-refractivity contribution is 14.1. The lowest BCUT2D eigenvalue weighted by Crippen LogP contribution is -2.29. The quantitative estimate of drug-likeness (QED) is 0.170. The highest BCUT2D eigenvalue weighted by Crippen LogP contribution is 2.34. The predicted octanol–water partition coefficient (Wildman–Crippen LogP) is 6.36. The first kappa shape index (κ1) is 28.8. The summed E-state index contributed by atoms with van der Waals surface area (Å²) in [4.78, 5) is 30.6. The molecule has 4 aromatic rings. The number of nitrogens with zero attached hydrogens (tertiary/aromatic N) is 3. The first-order valence-corrected chi connectivity index (χ1v) is 14.1. The van der Waals surface area contributed by atoms with Gasteiger partial charge in [0.2, 0.25) is 0 Å². The summed E-state index contributed by atoms with van der Waals surface area (Å²) in [5, 5.41) is 7.82. The van der Waals surface area contributed by atoms with Gasteiger partial charge in [-0.2, -0.15) is 9.78 Å². The van der Waals surface area contributed by atoms with Gasteiger partial charge in [0.25, 0.3) is 11.5 Å². The van der Waals surface area contributed by atoms with E-state index >= 15 is 0 Å². The Morgan fingerprint density at radius 2 is 1.87 bits per heavy atom. The zero-order chi connectivity index (χ0) is 28.2. The van der Waals surface area contributed by atoms with Gasteiger partial charge in [-0.25, -0.2) is 4.98 Å². The lowest BCUT2D eigenvalue weighted by atomic mass is 9.95. The predicted molar refractivity (Wildman–Crippen MR) is 166 cm³/mol. The van der Waals surface area contributed by atoms with Crippen molar-refractivity contribution in [2.45, 2.75) is 33.1 Å². The van der Waals surface area contributed by atoms with Gasteiger partial charge in [0.05, 0.1) is 27.3 Å². The third kappa shape index (κ3) is 7.04. The SMILES string of the molecule is CCOc1cc(C=Nn2c(C(C)(C)C)nc3ccc(Br)cc3c2=O)cc(I)c1OCC(=O)Nc1ccccc1. The average Bonchev–Trinajstić information content (AvgIpc) is 2.88. The molecule has 1 amide bonds. The summed E-state index contributed by atoms with van der Waals surface area (Å²) in [6.45, 7) is 8.06. The Hall–Kier alpha value is -3.25. The van der Waals surface area contributed by atoms with Crippen LogP contribution in [0.2, 0.25) is 0 Å². The van der Waals surface area contributed by atoms with Gasteiger partial charge in [0.1, 0.15) is 5.82 Å². The third-order valence-electron chi connectivity index (χ3n) is 5.54. The molecule has 8 nitrogen and oxygen atoms in total. The standard InChI is InChI=1S/C29H28BrIN4O4/c1-5-38-24-14-18(13-22(31)26(24)39-17-25(36)33-20-9-7-6-8-10-20)16-32-35-27(37)21-15-19(30)11-12-23(21)34-28(35)29(2,3)4/h6-16H,5,17H2,1-4H3,(H,33,36). The smallest absolute Gasteiger partial charge is 0.282 e. The molecule has 0 saturated heterocycles. The van der Waals surface area contributed by atoms with Crippen molar-refractivity contribution in [1.29, 1.82) is 0 Å². The number of rotatable bonds is 8. The van der Waals surface area contributed by atoms with Crippen LogP contribution in [-0.4, -0.2) is 35.0 Å². The number of benzene rings is 3. The van der Waals surface area contributed by atoms with Crippen molar-refractivity contribution in [2.24, 2.45) is 5.10 Å². The van der Waals surface area contributed by atoms with Crippen molar-refractivity contribution in [3.05, 3.63) is 90.4 Å². The average molecular weight is 703 g/mol. The lowest BCUT2D eigenvalue weighted by Gasteiger charge is -2.21. The summed E-state index contributed by atoms with van der Waals surface area (Å²) >= 11 is 5.57. The van der Waals surface area contributed by atoms with Crippen molar-refractivity contribution >= 4 is 67.2 Å². The molecule has 39 heavy (non-hydrogen) atoms. The monoisotopic (exact) mass is 702 g/mol. The lowest BCUT2D eigenvalue weighted by molar-refractivity contribution is -0.118. The molecule has 0 radical (unpaired) electrons. The minimum absolute atomic E-state index is 0.180. The Labute approximate surface area is 248 Å². The van der Waals surface area contributed by atoms with Crippen molar-refractivity contribution in [3.63, 3.8) is 0 Å². The minimum atomic E-state index is -0.430. The molecule has 0 saturated carbocycles. The molecule has 0 atom stereocenters. The van der Waals surface area contributed by atoms with Gasteiger partial charge in [0, 0.05) is 15.6 Å². The highest BCUT2D eigenvalue weighted by Gasteiger charge is 2.23. The van der Waals surface area contributed by atoms with E-state index in [1.54, 1.807) is 18.3 Å². The molecule has 0 aliphatic rings. The van der Waals surface area contributed by atoms with Crippen molar-refractivity contribution < 1.29 is 14.3 Å². The summed E-state index contributed by atoms with van der Waals surface area (Å²) in [7, 11) is 0. The van der Waals surface area contributed by atoms with Gasteiger partial charge in [-0.1, -0.05) is 54.9 Å². The van der Waals surface area contributed by atoms with Crippen LogP contribution in [0.4, 0.5) is 5.69 Å². The van der Waals surface area contributed by atoms with Crippen LogP contribution in [0, 0.1) is 3.57 Å². The number of halogens is 2. The molecule has 0 spiro atoms. The van der Waals surface area contributed by atoms with Crippen LogP contribution >= 0.6 is 38.5 Å². The number of nitrogens with one attached hydrogen (secondary N) is 1. The molecule has 1 N–H and O–H groups in total. The fraction of sp³-hybridized carbons (Fsp3) is 0.241. The van der Waals surface area contributed by atoms with E-state index in [4.69, 9.17) is 14.5 Å². The van der Waals surface area contributed by atoms with Crippen molar-refractivity contribution in [3.8, 4) is 11.5 Å². The highest BCUT2D eigenvalue weighted by atomic mass is 127. The van der Waals surface area contributed by atoms with E-state index < -0.39 is 5.41 Å².